The molecule has 1 aromatic heterocycles. The SMILES string of the molecule is CCC(C)=CC(=N)C(N=C(C)N1CCCN(C(C)=O)CC1)c1nc2ccc(C)cc2[nH]1. The number of aliphatic imine (C=N–C) groups is 1. The Balaban J connectivity index is 1.93. The van der Waals surface area contributed by atoms with E-state index < -0.39 is 6.04 Å². The number of carbonyl (C=O) groups excluding carboxylic acids is 1. The molecule has 1 fully saturated rings. The lowest BCUT2D eigenvalue weighted by Gasteiger charge is -2.24. The molecule has 1 unspecified atom stereocenters. The van der Waals surface area contributed by atoms with Crippen LogP contribution in [0.3, 0.4) is 0 Å². The van der Waals surface area contributed by atoms with Crippen LogP contribution in [0.25, 0.3) is 11.0 Å². The highest BCUT2D eigenvalue weighted by Crippen LogP contribution is 2.23. The molecular formula is C24H34N6O. The maximum Gasteiger partial charge on any atom is 0.219 e. The molecule has 1 saturated heterocycles. The summed E-state index contributed by atoms with van der Waals surface area (Å²) in [5, 5.41) is 8.76. The van der Waals surface area contributed by atoms with Crippen LogP contribution in [-0.2, 0) is 4.79 Å². The second-order valence-corrected chi connectivity index (χ2v) is 8.37. The smallest absolute Gasteiger partial charge is 0.219 e. The van der Waals surface area contributed by atoms with Crippen molar-refractivity contribution in [1.82, 2.24) is 19.8 Å². The molecule has 166 valence electrons. The Morgan fingerprint density at radius 2 is 1.94 bits per heavy atom. The normalized spacial score (nSPS) is 17.1. The summed E-state index contributed by atoms with van der Waals surface area (Å²) in [4.78, 5) is 29.0. The number of benzene rings is 1. The van der Waals surface area contributed by atoms with Gasteiger partial charge in [0.1, 0.15) is 5.82 Å². The number of nitrogens with zero attached hydrogens (tertiary/aromatic N) is 4. The van der Waals surface area contributed by atoms with Gasteiger partial charge in [0.2, 0.25) is 5.91 Å². The van der Waals surface area contributed by atoms with Crippen LogP contribution >= 0.6 is 0 Å². The van der Waals surface area contributed by atoms with E-state index in [0.29, 0.717) is 18.1 Å². The Labute approximate surface area is 184 Å². The summed E-state index contributed by atoms with van der Waals surface area (Å²) < 4.78 is 0. The number of H-pyrrole nitrogens is 1. The second-order valence-electron chi connectivity index (χ2n) is 8.37. The molecule has 1 aromatic carbocycles. The van der Waals surface area contributed by atoms with E-state index in [0.717, 1.165) is 60.5 Å². The second kappa shape index (κ2) is 9.90. The van der Waals surface area contributed by atoms with Gasteiger partial charge < -0.3 is 20.2 Å². The van der Waals surface area contributed by atoms with Crippen molar-refractivity contribution >= 4 is 28.5 Å². The van der Waals surface area contributed by atoms with E-state index >= 15 is 0 Å². The van der Waals surface area contributed by atoms with Crippen molar-refractivity contribution < 1.29 is 4.79 Å². The third-order valence-corrected chi connectivity index (χ3v) is 5.88. The summed E-state index contributed by atoms with van der Waals surface area (Å²) in [6.07, 6.45) is 3.71. The van der Waals surface area contributed by atoms with Crippen molar-refractivity contribution in [2.24, 2.45) is 4.99 Å². The predicted molar refractivity (Wildman–Crippen MR) is 127 cm³/mol. The number of rotatable bonds is 5. The van der Waals surface area contributed by atoms with Crippen molar-refractivity contribution in [3.63, 3.8) is 0 Å². The number of aryl methyl sites for hydroxylation is 1. The summed E-state index contributed by atoms with van der Waals surface area (Å²) >= 11 is 0. The van der Waals surface area contributed by atoms with Gasteiger partial charge in [-0.1, -0.05) is 18.6 Å². The number of imidazole rings is 1. The van der Waals surface area contributed by atoms with Gasteiger partial charge in [-0.3, -0.25) is 9.79 Å². The molecule has 7 nitrogen and oxygen atoms in total. The molecule has 2 aromatic rings. The number of aromatic amines is 1. The van der Waals surface area contributed by atoms with E-state index in [1.165, 1.54) is 0 Å². The van der Waals surface area contributed by atoms with E-state index in [4.69, 9.17) is 15.4 Å². The average molecular weight is 423 g/mol. The number of carbonyl (C=O) groups is 1. The van der Waals surface area contributed by atoms with Gasteiger partial charge in [0.05, 0.1) is 22.6 Å². The maximum atomic E-state index is 11.8. The summed E-state index contributed by atoms with van der Waals surface area (Å²) in [5.74, 6) is 1.68. The highest BCUT2D eigenvalue weighted by molar-refractivity contribution is 5.99. The summed E-state index contributed by atoms with van der Waals surface area (Å²) in [7, 11) is 0. The van der Waals surface area contributed by atoms with Crippen molar-refractivity contribution in [2.75, 3.05) is 26.2 Å². The number of hydrogen-bond acceptors (Lipinski definition) is 4. The van der Waals surface area contributed by atoms with Crippen LogP contribution in [0.5, 0.6) is 0 Å². The molecule has 0 radical (unpaired) electrons. The minimum absolute atomic E-state index is 0.119. The van der Waals surface area contributed by atoms with Gasteiger partial charge in [-0.05, 0) is 57.4 Å². The zero-order valence-electron chi connectivity index (χ0n) is 19.3. The van der Waals surface area contributed by atoms with E-state index in [-0.39, 0.29) is 5.91 Å². The minimum atomic E-state index is -0.499. The number of hydrogen-bond donors (Lipinski definition) is 2. The molecule has 2 heterocycles. The van der Waals surface area contributed by atoms with E-state index in [1.807, 2.05) is 37.0 Å². The van der Waals surface area contributed by atoms with E-state index in [1.54, 1.807) is 6.92 Å². The Hall–Kier alpha value is -2.96. The lowest BCUT2D eigenvalue weighted by Crippen LogP contribution is -2.36. The molecule has 0 bridgehead atoms. The van der Waals surface area contributed by atoms with Crippen molar-refractivity contribution in [2.45, 2.75) is 53.5 Å². The first-order valence-corrected chi connectivity index (χ1v) is 11.0. The topological polar surface area (TPSA) is 88.4 Å². The van der Waals surface area contributed by atoms with Crippen LogP contribution in [0.2, 0.25) is 0 Å². The Kier molecular flexibility index (Phi) is 7.25. The van der Waals surface area contributed by atoms with Crippen molar-refractivity contribution in [3.05, 3.63) is 41.2 Å². The first-order chi connectivity index (χ1) is 14.8. The highest BCUT2D eigenvalue weighted by Gasteiger charge is 2.22. The zero-order valence-corrected chi connectivity index (χ0v) is 19.3. The highest BCUT2D eigenvalue weighted by atomic mass is 16.2. The Morgan fingerprint density at radius 1 is 1.23 bits per heavy atom. The summed E-state index contributed by atoms with van der Waals surface area (Å²) in [5.41, 5.74) is 4.57. The molecule has 2 N–H and O–H groups in total. The number of amidine groups is 1. The molecule has 1 amide bonds. The third-order valence-electron chi connectivity index (χ3n) is 5.88. The zero-order chi connectivity index (χ0) is 22.5. The van der Waals surface area contributed by atoms with Crippen LogP contribution < -0.4 is 0 Å². The molecule has 1 aliphatic heterocycles. The third kappa shape index (κ3) is 5.60. The summed E-state index contributed by atoms with van der Waals surface area (Å²) in [6, 6.07) is 5.61. The predicted octanol–water partition coefficient (Wildman–Crippen LogP) is 4.26. The average Bonchev–Trinajstić information content (AvgIpc) is 2.97. The minimum Gasteiger partial charge on any atom is -0.359 e. The lowest BCUT2D eigenvalue weighted by atomic mass is 10.1. The number of nitrogens with one attached hydrogen (secondary N) is 2. The molecule has 0 aliphatic carbocycles. The molecule has 0 saturated carbocycles. The van der Waals surface area contributed by atoms with Crippen LogP contribution in [-0.4, -0.2) is 63.4 Å². The van der Waals surface area contributed by atoms with E-state index in [2.05, 4.69) is 29.8 Å². The number of amides is 1. The molecule has 0 spiro atoms. The molecular weight excluding hydrogens is 388 g/mol. The van der Waals surface area contributed by atoms with Gasteiger partial charge in [0.15, 0.2) is 6.04 Å². The van der Waals surface area contributed by atoms with Gasteiger partial charge in [-0.2, -0.15) is 0 Å². The molecule has 1 aliphatic rings. The molecule has 1 atom stereocenters. The molecule has 3 rings (SSSR count). The first-order valence-electron chi connectivity index (χ1n) is 11.0. The largest absolute Gasteiger partial charge is 0.359 e. The standard InChI is InChI=1S/C24H34N6O/c1-6-16(2)14-20(25)23(24-27-21-9-8-17(3)15-22(21)28-24)26-18(4)29-10-7-11-30(13-12-29)19(5)31/h8-9,14-15,23,25H,6-7,10-13H2,1-5H3,(H,27,28). The Bertz CT molecular complexity index is 1020. The number of allylic oxidation sites excluding steroid dienone is 1. The lowest BCUT2D eigenvalue weighted by molar-refractivity contribution is -0.128. The quantitative estimate of drug-likeness (QED) is 0.557. The molecule has 31 heavy (non-hydrogen) atoms. The fourth-order valence-electron chi connectivity index (χ4n) is 3.82. The van der Waals surface area contributed by atoms with Gasteiger partial charge >= 0.3 is 0 Å². The van der Waals surface area contributed by atoms with Gasteiger partial charge in [0, 0.05) is 33.1 Å². The van der Waals surface area contributed by atoms with Crippen LogP contribution in [0, 0.1) is 12.3 Å². The van der Waals surface area contributed by atoms with Gasteiger partial charge in [0.25, 0.3) is 0 Å². The Morgan fingerprint density at radius 3 is 2.65 bits per heavy atom. The molecule has 7 heteroatoms. The van der Waals surface area contributed by atoms with Gasteiger partial charge in [-0.25, -0.2) is 4.98 Å². The van der Waals surface area contributed by atoms with Gasteiger partial charge in [-0.15, -0.1) is 0 Å². The number of aromatic nitrogens is 2. The fourth-order valence-corrected chi connectivity index (χ4v) is 3.82. The van der Waals surface area contributed by atoms with Crippen molar-refractivity contribution in [1.29, 1.82) is 5.41 Å². The first kappa shape index (κ1) is 22.7. The van der Waals surface area contributed by atoms with Crippen LogP contribution in [0.1, 0.15) is 58.0 Å². The number of fused-ring (bicyclic) bond motifs is 1. The monoisotopic (exact) mass is 422 g/mol. The van der Waals surface area contributed by atoms with Crippen LogP contribution in [0.4, 0.5) is 0 Å². The van der Waals surface area contributed by atoms with Crippen molar-refractivity contribution in [3.8, 4) is 0 Å². The summed E-state index contributed by atoms with van der Waals surface area (Å²) in [6.45, 7) is 12.9. The maximum absolute atomic E-state index is 11.8. The van der Waals surface area contributed by atoms with E-state index in [9.17, 15) is 4.79 Å². The fraction of sp³-hybridized carbons (Fsp3) is 0.500. The van der Waals surface area contributed by atoms with Crippen LogP contribution in [0.15, 0.2) is 34.8 Å².